The Kier molecular flexibility index (Phi) is 8.29. The van der Waals surface area contributed by atoms with Gasteiger partial charge in [0.2, 0.25) is 11.8 Å². The number of phenols is 2. The molecular formula is C33H48N2O7. The maximum atomic E-state index is 14.3. The van der Waals surface area contributed by atoms with E-state index in [-0.39, 0.29) is 52.6 Å². The Bertz CT molecular complexity index is 1210. The minimum Gasteiger partial charge on any atom is -0.504 e. The van der Waals surface area contributed by atoms with Gasteiger partial charge in [0.1, 0.15) is 23.8 Å². The van der Waals surface area contributed by atoms with Crippen LogP contribution in [0, 0.1) is 22.7 Å². The van der Waals surface area contributed by atoms with Gasteiger partial charge in [-0.25, -0.2) is 4.79 Å². The molecule has 9 nitrogen and oxygen atoms in total. The highest BCUT2D eigenvalue weighted by molar-refractivity contribution is 5.94. The smallest absolute Gasteiger partial charge is 0.332 e. The van der Waals surface area contributed by atoms with E-state index in [4.69, 9.17) is 4.74 Å². The summed E-state index contributed by atoms with van der Waals surface area (Å²) >= 11 is 0. The van der Waals surface area contributed by atoms with Crippen LogP contribution in [0.3, 0.4) is 0 Å². The number of carbonyl (C=O) groups excluding carboxylic acids is 3. The van der Waals surface area contributed by atoms with Crippen molar-refractivity contribution in [2.24, 2.45) is 22.7 Å². The van der Waals surface area contributed by atoms with E-state index >= 15 is 0 Å². The van der Waals surface area contributed by atoms with E-state index in [0.29, 0.717) is 30.9 Å². The van der Waals surface area contributed by atoms with E-state index in [1.165, 1.54) is 18.2 Å². The molecule has 1 aliphatic heterocycles. The van der Waals surface area contributed by atoms with Gasteiger partial charge < -0.3 is 30.3 Å². The Labute approximate surface area is 249 Å². The third kappa shape index (κ3) is 5.26. The quantitative estimate of drug-likeness (QED) is 0.266. The summed E-state index contributed by atoms with van der Waals surface area (Å²) < 4.78 is 6.28. The molecular weight excluding hydrogens is 536 g/mol. The van der Waals surface area contributed by atoms with Gasteiger partial charge in [-0.05, 0) is 86.8 Å². The van der Waals surface area contributed by atoms with E-state index in [9.17, 15) is 29.7 Å². The number of hydrogen-bond donors (Lipinski definition) is 4. The number of ether oxygens (including phenoxy) is 1. The summed E-state index contributed by atoms with van der Waals surface area (Å²) in [7, 11) is 0. The predicted octanol–water partition coefficient (Wildman–Crippen LogP) is 4.21. The number of aliphatic hydroxyl groups is 1. The second kappa shape index (κ2) is 11.4. The molecule has 1 heterocycles. The molecule has 4 fully saturated rings. The fraction of sp³-hybridized carbons (Fsp3) is 0.727. The highest BCUT2D eigenvalue weighted by atomic mass is 16.5. The highest BCUT2D eigenvalue weighted by Gasteiger charge is 2.63. The Balaban J connectivity index is 1.31. The molecule has 232 valence electrons. The van der Waals surface area contributed by atoms with Gasteiger partial charge in [0, 0.05) is 18.4 Å². The number of carbonyl (C=O) groups is 3. The first kappa shape index (κ1) is 30.6. The van der Waals surface area contributed by atoms with Crippen molar-refractivity contribution >= 4 is 17.8 Å². The van der Waals surface area contributed by atoms with Crippen molar-refractivity contribution in [1.29, 1.82) is 0 Å². The second-order valence-electron chi connectivity index (χ2n) is 14.3. The van der Waals surface area contributed by atoms with Crippen molar-refractivity contribution in [3.05, 3.63) is 23.8 Å². The molecule has 6 unspecified atom stereocenters. The third-order valence-electron chi connectivity index (χ3n) is 11.8. The lowest BCUT2D eigenvalue weighted by molar-refractivity contribution is -0.172. The molecule has 4 aliphatic rings. The van der Waals surface area contributed by atoms with Gasteiger partial charge in [0.15, 0.2) is 11.5 Å². The van der Waals surface area contributed by atoms with Crippen LogP contribution >= 0.6 is 0 Å². The molecule has 4 N–H and O–H groups in total. The number of hydrogen-bond acceptors (Lipinski definition) is 7. The summed E-state index contributed by atoms with van der Waals surface area (Å²) in [6.45, 7) is 9.00. The number of aromatic hydroxyl groups is 2. The Morgan fingerprint density at radius 3 is 2.33 bits per heavy atom. The van der Waals surface area contributed by atoms with Crippen LogP contribution in [-0.2, 0) is 25.5 Å². The number of fused-ring (bicyclic) bond motifs is 2. The largest absolute Gasteiger partial charge is 0.504 e. The van der Waals surface area contributed by atoms with Crippen molar-refractivity contribution < 1.29 is 34.4 Å². The molecule has 42 heavy (non-hydrogen) atoms. The lowest BCUT2D eigenvalue weighted by Crippen LogP contribution is -2.60. The van der Waals surface area contributed by atoms with Crippen LogP contribution in [0.2, 0.25) is 0 Å². The Morgan fingerprint density at radius 2 is 1.71 bits per heavy atom. The monoisotopic (exact) mass is 584 g/mol. The van der Waals surface area contributed by atoms with Crippen LogP contribution in [0.25, 0.3) is 0 Å². The van der Waals surface area contributed by atoms with Gasteiger partial charge >= 0.3 is 5.97 Å². The summed E-state index contributed by atoms with van der Waals surface area (Å²) in [5, 5.41) is 33.0. The molecule has 9 heteroatoms. The molecule has 5 rings (SSSR count). The number of aliphatic hydroxyl groups excluding tert-OH is 1. The van der Waals surface area contributed by atoms with Crippen LogP contribution in [0.15, 0.2) is 18.2 Å². The molecule has 1 saturated heterocycles. The van der Waals surface area contributed by atoms with Crippen LogP contribution in [0.1, 0.15) is 97.5 Å². The highest BCUT2D eigenvalue weighted by Crippen LogP contribution is 2.66. The van der Waals surface area contributed by atoms with Gasteiger partial charge in [0.05, 0.1) is 0 Å². The molecule has 3 saturated carbocycles. The van der Waals surface area contributed by atoms with E-state index in [0.717, 1.165) is 51.4 Å². The van der Waals surface area contributed by atoms with Crippen LogP contribution in [-0.4, -0.2) is 68.3 Å². The second-order valence-corrected chi connectivity index (χ2v) is 14.3. The number of benzene rings is 1. The summed E-state index contributed by atoms with van der Waals surface area (Å²) in [5.41, 5.74) is -0.625. The zero-order valence-corrected chi connectivity index (χ0v) is 25.5. The average Bonchev–Trinajstić information content (AvgIpc) is 3.52. The van der Waals surface area contributed by atoms with Crippen molar-refractivity contribution in [3.63, 3.8) is 0 Å². The van der Waals surface area contributed by atoms with E-state index in [1.54, 1.807) is 11.8 Å². The molecule has 0 aromatic heterocycles. The van der Waals surface area contributed by atoms with E-state index in [1.807, 2.05) is 0 Å². The van der Waals surface area contributed by atoms with Gasteiger partial charge in [0.25, 0.3) is 0 Å². The fourth-order valence-electron chi connectivity index (χ4n) is 8.37. The van der Waals surface area contributed by atoms with Gasteiger partial charge in [-0.3, -0.25) is 9.59 Å². The summed E-state index contributed by atoms with van der Waals surface area (Å²) in [6, 6.07) is 3.27. The van der Waals surface area contributed by atoms with Crippen LogP contribution in [0.4, 0.5) is 0 Å². The number of likely N-dealkylation sites (tertiary alicyclic amines) is 1. The number of amides is 2. The first-order valence-corrected chi connectivity index (χ1v) is 15.8. The van der Waals surface area contributed by atoms with Gasteiger partial charge in [-0.15, -0.1) is 0 Å². The molecule has 1 aromatic carbocycles. The molecule has 6 atom stereocenters. The van der Waals surface area contributed by atoms with Crippen LogP contribution in [0.5, 0.6) is 11.5 Å². The molecule has 2 amide bonds. The fourth-order valence-corrected chi connectivity index (χ4v) is 8.37. The number of phenolic OH excluding ortho intramolecular Hbond substituents is 2. The summed E-state index contributed by atoms with van der Waals surface area (Å²) in [5.74, 6) is -1.51. The molecule has 3 aliphatic carbocycles. The van der Waals surface area contributed by atoms with Crippen LogP contribution < -0.4 is 5.32 Å². The van der Waals surface area contributed by atoms with Gasteiger partial charge in [-0.2, -0.15) is 0 Å². The van der Waals surface area contributed by atoms with Crippen molar-refractivity contribution in [1.82, 2.24) is 10.2 Å². The standard InChI is InChI=1S/C33H48N2O7/c1-31(2)22-13-15-32(31,3)26(19-22)42-30(41)33(4)14-8-16-35(33)29(40)27(21-9-6-5-7-10-21)34-28(39)25(38)18-20-11-12-23(36)24(37)17-20/h11-12,17,21-22,25-27,36-38H,5-10,13-16,18-19H2,1-4H3,(H,34,39). The minimum absolute atomic E-state index is 0.0832. The average molecular weight is 585 g/mol. The van der Waals surface area contributed by atoms with E-state index in [2.05, 4.69) is 26.1 Å². The first-order valence-electron chi connectivity index (χ1n) is 15.8. The zero-order valence-electron chi connectivity index (χ0n) is 25.5. The summed E-state index contributed by atoms with van der Waals surface area (Å²) in [4.78, 5) is 43.0. The lowest BCUT2D eigenvalue weighted by atomic mass is 9.70. The third-order valence-corrected chi connectivity index (χ3v) is 11.8. The Hall–Kier alpha value is -2.81. The number of rotatable bonds is 8. The predicted molar refractivity (Wildman–Crippen MR) is 156 cm³/mol. The maximum absolute atomic E-state index is 14.3. The van der Waals surface area contributed by atoms with Crippen molar-refractivity contribution in [3.8, 4) is 11.5 Å². The minimum atomic E-state index is -1.45. The number of nitrogens with one attached hydrogen (secondary N) is 1. The summed E-state index contributed by atoms with van der Waals surface area (Å²) in [6.07, 6.45) is 7.06. The topological polar surface area (TPSA) is 136 Å². The normalized spacial score (nSPS) is 32.0. The lowest BCUT2D eigenvalue weighted by Gasteiger charge is -2.42. The van der Waals surface area contributed by atoms with Crippen molar-refractivity contribution in [2.75, 3.05) is 6.54 Å². The molecule has 0 radical (unpaired) electrons. The van der Waals surface area contributed by atoms with Gasteiger partial charge in [-0.1, -0.05) is 46.1 Å². The van der Waals surface area contributed by atoms with Crippen molar-refractivity contribution in [2.45, 2.75) is 122 Å². The van der Waals surface area contributed by atoms with E-state index < -0.39 is 23.6 Å². The molecule has 2 bridgehead atoms. The molecule has 0 spiro atoms. The first-order chi connectivity index (χ1) is 19.8. The maximum Gasteiger partial charge on any atom is 0.332 e. The Morgan fingerprint density at radius 1 is 1.00 bits per heavy atom. The SMILES string of the molecule is CC1(C(=O)OC2CC3CCC2(C)C3(C)C)CCCN1C(=O)C(NC(=O)C(O)Cc1ccc(O)c(O)c1)C1CCCCC1. The number of nitrogens with zero attached hydrogens (tertiary/aromatic N) is 1. The molecule has 1 aromatic rings. The zero-order chi connectivity index (χ0) is 30.4. The number of esters is 1.